The Morgan fingerprint density at radius 2 is 1.15 bits per heavy atom. The standard InChI is InChI=1S/C17H20N2O3S.C15H14ClNO2S.C2H7NO/c1-12-8-9-14-16(10-12)23(20,21)19(2)15-7-5-4-6-13(15)17(14)18-11-22-3;1-10-7-8-12-14(9-10)20(18,19)17(2)13-6-4-3-5-11(13)15(12)16;1-4-2-3/h4-10,17-18H,11H2,1-3H3;3-9,15H,1-2H3;2-3H2,1H3. The van der Waals surface area contributed by atoms with Gasteiger partial charge in [-0.1, -0.05) is 60.7 Å². The monoisotopic (exact) mass is 700 g/mol. The Balaban J connectivity index is 0.000000193. The number of methoxy groups -OCH3 is 2. The molecular weight excluding hydrogens is 660 g/mol. The quantitative estimate of drug-likeness (QED) is 0.213. The Hall–Kier alpha value is -3.49. The SMILES string of the molecule is COCN.COCNC1c2ccccc2N(C)S(=O)(=O)c2cc(C)ccc21.Cc1ccc2c(c1)S(=O)(=O)N(C)c1ccccc1C2Cl. The molecule has 47 heavy (non-hydrogen) atoms. The number of hydrogen-bond donors (Lipinski definition) is 2. The number of ether oxygens (including phenoxy) is 2. The van der Waals surface area contributed by atoms with E-state index in [1.807, 2.05) is 74.5 Å². The molecule has 2 heterocycles. The fraction of sp³-hybridized carbons (Fsp3) is 0.294. The van der Waals surface area contributed by atoms with E-state index in [2.05, 4.69) is 10.1 Å². The van der Waals surface area contributed by atoms with Gasteiger partial charge in [-0.25, -0.2) is 16.8 Å². The molecule has 0 saturated carbocycles. The summed E-state index contributed by atoms with van der Waals surface area (Å²) in [5, 5.41) is 2.82. The average molecular weight is 701 g/mol. The molecule has 6 rings (SSSR count). The van der Waals surface area contributed by atoms with Crippen molar-refractivity contribution in [2.75, 3.05) is 50.4 Å². The summed E-state index contributed by atoms with van der Waals surface area (Å²) in [6, 6.07) is 25.5. The molecule has 2 atom stereocenters. The van der Waals surface area contributed by atoms with E-state index in [1.54, 1.807) is 52.6 Å². The third-order valence-corrected chi connectivity index (χ3v) is 12.1. The topological polar surface area (TPSA) is 131 Å². The van der Waals surface area contributed by atoms with Gasteiger partial charge < -0.3 is 15.2 Å². The van der Waals surface area contributed by atoms with Crippen LogP contribution in [0.3, 0.4) is 0 Å². The molecule has 0 bridgehead atoms. The van der Waals surface area contributed by atoms with Crippen LogP contribution in [0.5, 0.6) is 0 Å². The molecule has 0 saturated heterocycles. The first-order valence-electron chi connectivity index (χ1n) is 14.7. The molecule has 2 aliphatic rings. The van der Waals surface area contributed by atoms with Gasteiger partial charge >= 0.3 is 0 Å². The summed E-state index contributed by atoms with van der Waals surface area (Å²) in [7, 11) is -0.854. The molecule has 0 amide bonds. The fourth-order valence-corrected chi connectivity index (χ4v) is 8.98. The van der Waals surface area contributed by atoms with Crippen molar-refractivity contribution in [2.45, 2.75) is 35.1 Å². The molecule has 13 heteroatoms. The first-order valence-corrected chi connectivity index (χ1v) is 18.0. The van der Waals surface area contributed by atoms with Crippen LogP contribution >= 0.6 is 11.6 Å². The second kappa shape index (κ2) is 15.2. The van der Waals surface area contributed by atoms with Crippen LogP contribution in [0.15, 0.2) is 94.7 Å². The molecule has 4 aromatic carbocycles. The normalized spacial score (nSPS) is 18.4. The number of fused-ring (bicyclic) bond motifs is 4. The first kappa shape index (κ1) is 36.3. The Kier molecular flexibility index (Phi) is 11.7. The summed E-state index contributed by atoms with van der Waals surface area (Å²) in [6.07, 6.45) is 0. The first-order chi connectivity index (χ1) is 22.3. The molecular formula is C34H41ClN4O6S2. The Bertz CT molecular complexity index is 1940. The molecule has 10 nitrogen and oxygen atoms in total. The van der Waals surface area contributed by atoms with Crippen LogP contribution in [0.25, 0.3) is 0 Å². The summed E-state index contributed by atoms with van der Waals surface area (Å²) in [5.41, 5.74) is 11.0. The van der Waals surface area contributed by atoms with Crippen molar-refractivity contribution in [3.63, 3.8) is 0 Å². The zero-order valence-electron chi connectivity index (χ0n) is 27.3. The number of para-hydroxylation sites is 2. The predicted octanol–water partition coefficient (Wildman–Crippen LogP) is 5.43. The van der Waals surface area contributed by atoms with E-state index < -0.39 is 25.4 Å². The van der Waals surface area contributed by atoms with Gasteiger partial charge in [-0.3, -0.25) is 13.9 Å². The van der Waals surface area contributed by atoms with E-state index in [0.717, 1.165) is 27.8 Å². The molecule has 2 aliphatic heterocycles. The van der Waals surface area contributed by atoms with Crippen LogP contribution in [-0.2, 0) is 29.5 Å². The van der Waals surface area contributed by atoms with Crippen molar-refractivity contribution < 1.29 is 26.3 Å². The van der Waals surface area contributed by atoms with E-state index in [4.69, 9.17) is 22.1 Å². The Labute approximate surface area is 283 Å². The molecule has 3 N–H and O–H groups in total. The van der Waals surface area contributed by atoms with Gasteiger partial charge in [0.2, 0.25) is 0 Å². The highest BCUT2D eigenvalue weighted by Crippen LogP contribution is 2.43. The van der Waals surface area contributed by atoms with Crippen LogP contribution in [-0.4, -0.2) is 58.6 Å². The summed E-state index contributed by atoms with van der Waals surface area (Å²) >= 11 is 6.54. The van der Waals surface area contributed by atoms with E-state index in [9.17, 15) is 16.8 Å². The van der Waals surface area contributed by atoms with E-state index in [0.29, 0.717) is 35.3 Å². The van der Waals surface area contributed by atoms with Crippen LogP contribution < -0.4 is 19.7 Å². The van der Waals surface area contributed by atoms with Crippen molar-refractivity contribution in [3.05, 3.63) is 118 Å². The minimum atomic E-state index is -3.60. The van der Waals surface area contributed by atoms with Crippen LogP contribution in [0.1, 0.15) is 44.8 Å². The van der Waals surface area contributed by atoms with Crippen LogP contribution in [0.2, 0.25) is 0 Å². The minimum absolute atomic E-state index is 0.249. The van der Waals surface area contributed by atoms with Gasteiger partial charge in [-0.05, 0) is 71.5 Å². The fourth-order valence-electron chi connectivity index (χ4n) is 5.46. The third-order valence-electron chi connectivity index (χ3n) is 7.93. The molecule has 0 fully saturated rings. The van der Waals surface area contributed by atoms with E-state index in [1.165, 1.54) is 8.61 Å². The predicted molar refractivity (Wildman–Crippen MR) is 187 cm³/mol. The maximum absolute atomic E-state index is 13.0. The number of hydrogen-bond acceptors (Lipinski definition) is 8. The van der Waals surface area contributed by atoms with Crippen LogP contribution in [0.4, 0.5) is 11.4 Å². The van der Waals surface area contributed by atoms with Crippen molar-refractivity contribution in [1.29, 1.82) is 0 Å². The highest BCUT2D eigenvalue weighted by Gasteiger charge is 2.35. The van der Waals surface area contributed by atoms with Crippen LogP contribution in [0, 0.1) is 13.8 Å². The smallest absolute Gasteiger partial charge is 0.264 e. The number of benzene rings is 4. The van der Waals surface area contributed by atoms with Crippen molar-refractivity contribution in [1.82, 2.24) is 5.32 Å². The van der Waals surface area contributed by atoms with Crippen molar-refractivity contribution in [2.24, 2.45) is 5.73 Å². The van der Waals surface area contributed by atoms with Gasteiger partial charge in [0.05, 0.1) is 46.0 Å². The van der Waals surface area contributed by atoms with Crippen molar-refractivity contribution >= 4 is 43.0 Å². The van der Waals surface area contributed by atoms with Gasteiger partial charge in [0.25, 0.3) is 20.0 Å². The molecule has 4 aromatic rings. The van der Waals surface area contributed by atoms with Gasteiger partial charge in [-0.15, -0.1) is 11.6 Å². The maximum Gasteiger partial charge on any atom is 0.264 e. The van der Waals surface area contributed by atoms with Gasteiger partial charge in [0.1, 0.15) is 0 Å². The summed E-state index contributed by atoms with van der Waals surface area (Å²) in [6.45, 7) is 4.42. The maximum atomic E-state index is 13.0. The lowest BCUT2D eigenvalue weighted by Gasteiger charge is -2.21. The Morgan fingerprint density at radius 1 is 0.702 bits per heavy atom. The summed E-state index contributed by atoms with van der Waals surface area (Å²) in [5.74, 6) is 0. The zero-order chi connectivity index (χ0) is 34.5. The zero-order valence-corrected chi connectivity index (χ0v) is 29.7. The largest absolute Gasteiger partial charge is 0.370 e. The second-order valence-electron chi connectivity index (χ2n) is 11.0. The van der Waals surface area contributed by atoms with E-state index >= 15 is 0 Å². The van der Waals surface area contributed by atoms with Gasteiger partial charge in [0.15, 0.2) is 0 Å². The molecule has 0 aliphatic carbocycles. The molecule has 0 radical (unpaired) electrons. The van der Waals surface area contributed by atoms with Crippen molar-refractivity contribution in [3.8, 4) is 0 Å². The lowest BCUT2D eigenvalue weighted by Crippen LogP contribution is -2.26. The summed E-state index contributed by atoms with van der Waals surface area (Å²) in [4.78, 5) is 0.626. The number of rotatable bonds is 4. The number of alkyl halides is 1. The van der Waals surface area contributed by atoms with E-state index in [-0.39, 0.29) is 10.9 Å². The second-order valence-corrected chi connectivity index (χ2v) is 15.3. The highest BCUT2D eigenvalue weighted by molar-refractivity contribution is 7.93. The van der Waals surface area contributed by atoms with Gasteiger partial charge in [0, 0.05) is 28.3 Å². The number of anilines is 2. The highest BCUT2D eigenvalue weighted by atomic mass is 35.5. The summed E-state index contributed by atoms with van der Waals surface area (Å²) < 4.78 is 63.7. The molecule has 0 aromatic heterocycles. The number of nitrogens with zero attached hydrogens (tertiary/aromatic N) is 2. The number of halogens is 1. The number of sulfonamides is 2. The number of aryl methyl sites for hydroxylation is 2. The lowest BCUT2D eigenvalue weighted by atomic mass is 9.96. The Morgan fingerprint density at radius 3 is 1.66 bits per heavy atom. The average Bonchev–Trinajstić information content (AvgIpc) is 3.18. The number of nitrogens with one attached hydrogen (secondary N) is 1. The molecule has 0 spiro atoms. The van der Waals surface area contributed by atoms with Gasteiger partial charge in [-0.2, -0.15) is 0 Å². The molecule has 252 valence electrons. The number of nitrogens with two attached hydrogens (primary N) is 1. The third kappa shape index (κ3) is 7.34. The lowest BCUT2D eigenvalue weighted by molar-refractivity contribution is 0.168. The molecule has 2 unspecified atom stereocenters. The minimum Gasteiger partial charge on any atom is -0.370 e.